The fraction of sp³-hybridized carbons (Fsp3) is 0.355. The van der Waals surface area contributed by atoms with Gasteiger partial charge in [-0.05, 0) is 48.2 Å². The number of nitrogens with zero attached hydrogens (tertiary/aromatic N) is 1. The molecule has 0 aliphatic heterocycles. The van der Waals surface area contributed by atoms with Crippen LogP contribution in [0.3, 0.4) is 0 Å². The maximum atomic E-state index is 11.8. The molecule has 172 valence electrons. The molecule has 3 aromatic rings. The topological polar surface area (TPSA) is 23.5 Å². The summed E-state index contributed by atoms with van der Waals surface area (Å²) in [5.41, 5.74) is 2.92. The van der Waals surface area contributed by atoms with Crippen molar-refractivity contribution in [2.45, 2.75) is 51.6 Å². The Labute approximate surface area is 200 Å². The molecule has 0 bridgehead atoms. The Morgan fingerprint density at radius 2 is 1.18 bits per heavy atom. The van der Waals surface area contributed by atoms with E-state index in [0.29, 0.717) is 6.42 Å². The molecule has 0 saturated heterocycles. The second kappa shape index (κ2) is 13.0. The van der Waals surface area contributed by atoms with Crippen LogP contribution >= 0.6 is 0 Å². The van der Waals surface area contributed by atoms with Crippen molar-refractivity contribution in [3.05, 3.63) is 96.1 Å². The van der Waals surface area contributed by atoms with Crippen LogP contribution in [0.15, 0.2) is 84.9 Å². The van der Waals surface area contributed by atoms with Crippen molar-refractivity contribution in [2.24, 2.45) is 0 Å². The van der Waals surface area contributed by atoms with E-state index >= 15 is 0 Å². The summed E-state index contributed by atoms with van der Waals surface area (Å²) in [6, 6.07) is 28.5. The van der Waals surface area contributed by atoms with E-state index in [1.54, 1.807) is 0 Å². The first-order valence-corrected chi connectivity index (χ1v) is 12.3. The molecular weight excluding hydrogens is 402 g/mol. The van der Waals surface area contributed by atoms with Crippen LogP contribution in [-0.2, 0) is 5.60 Å². The molecule has 0 spiro atoms. The zero-order valence-corrected chi connectivity index (χ0v) is 20.1. The first-order chi connectivity index (χ1) is 16.2. The van der Waals surface area contributed by atoms with Crippen molar-refractivity contribution in [2.75, 3.05) is 19.6 Å². The van der Waals surface area contributed by atoms with E-state index in [2.05, 4.69) is 54.9 Å². The summed E-state index contributed by atoms with van der Waals surface area (Å²) in [7, 11) is 0. The van der Waals surface area contributed by atoms with Gasteiger partial charge in [0.25, 0.3) is 0 Å². The van der Waals surface area contributed by atoms with Crippen LogP contribution in [0.25, 0.3) is 11.1 Å². The molecule has 0 amide bonds. The maximum Gasteiger partial charge on any atom is 0.125 e. The lowest BCUT2D eigenvalue weighted by molar-refractivity contribution is 0.0865. The molecule has 0 fully saturated rings. The Balaban J connectivity index is 1.80. The molecule has 33 heavy (non-hydrogen) atoms. The standard InChI is InChI=1S/C31H37NO/c1-3-5-24-32(25-6-4-2)26-14-13-23-31(33,29-17-11-8-12-18-29)30-21-19-28(20-22-30)27-15-9-7-10-16-27/h7-12,15-22,33H,3-6,23-26H2,1-2H3/t31-/m0/s1. The van der Waals surface area contributed by atoms with Crippen molar-refractivity contribution in [1.29, 1.82) is 0 Å². The molecule has 2 nitrogen and oxygen atoms in total. The van der Waals surface area contributed by atoms with Gasteiger partial charge in [-0.2, -0.15) is 0 Å². The SMILES string of the molecule is CCCCN(CC#CC[C@](O)(c1ccccc1)c1ccc(-c2ccccc2)cc1)CCCC. The van der Waals surface area contributed by atoms with E-state index in [0.717, 1.165) is 36.3 Å². The van der Waals surface area contributed by atoms with E-state index < -0.39 is 5.60 Å². The second-order valence-electron chi connectivity index (χ2n) is 8.68. The minimum absolute atomic E-state index is 0.372. The number of rotatable bonds is 11. The molecule has 3 rings (SSSR count). The molecule has 0 aliphatic carbocycles. The molecule has 0 heterocycles. The van der Waals surface area contributed by atoms with E-state index in [1.165, 1.54) is 31.2 Å². The van der Waals surface area contributed by atoms with Crippen molar-refractivity contribution < 1.29 is 5.11 Å². The third kappa shape index (κ3) is 7.06. The van der Waals surface area contributed by atoms with Crippen LogP contribution < -0.4 is 0 Å². The molecular formula is C31H37NO. The Kier molecular flexibility index (Phi) is 9.76. The van der Waals surface area contributed by atoms with Gasteiger partial charge in [-0.3, -0.25) is 4.90 Å². The molecule has 0 radical (unpaired) electrons. The largest absolute Gasteiger partial charge is 0.379 e. The molecule has 1 atom stereocenters. The average molecular weight is 440 g/mol. The van der Waals surface area contributed by atoms with Gasteiger partial charge in [0.15, 0.2) is 0 Å². The van der Waals surface area contributed by atoms with E-state index in [1.807, 2.05) is 60.7 Å². The summed E-state index contributed by atoms with van der Waals surface area (Å²) in [6.07, 6.45) is 5.17. The van der Waals surface area contributed by atoms with Crippen LogP contribution in [0, 0.1) is 11.8 Å². The fourth-order valence-electron chi connectivity index (χ4n) is 4.05. The number of benzene rings is 3. The van der Waals surface area contributed by atoms with Gasteiger partial charge in [0.1, 0.15) is 5.60 Å². The summed E-state index contributed by atoms with van der Waals surface area (Å²) in [4.78, 5) is 2.44. The third-order valence-corrected chi connectivity index (χ3v) is 6.15. The molecule has 0 aliphatic rings. The van der Waals surface area contributed by atoms with Crippen LogP contribution in [-0.4, -0.2) is 29.6 Å². The first-order valence-electron chi connectivity index (χ1n) is 12.3. The molecule has 1 N–H and O–H groups in total. The van der Waals surface area contributed by atoms with Gasteiger partial charge < -0.3 is 5.11 Å². The Morgan fingerprint density at radius 3 is 1.76 bits per heavy atom. The summed E-state index contributed by atoms with van der Waals surface area (Å²) >= 11 is 0. The number of hydrogen-bond donors (Lipinski definition) is 1. The Hall–Kier alpha value is -2.86. The Bertz CT molecular complexity index is 994. The highest BCUT2D eigenvalue weighted by atomic mass is 16.3. The normalized spacial score (nSPS) is 12.7. The molecule has 3 aromatic carbocycles. The third-order valence-electron chi connectivity index (χ3n) is 6.15. The van der Waals surface area contributed by atoms with Gasteiger partial charge in [0.2, 0.25) is 0 Å². The monoisotopic (exact) mass is 439 g/mol. The van der Waals surface area contributed by atoms with Crippen LogP contribution in [0.2, 0.25) is 0 Å². The minimum Gasteiger partial charge on any atom is -0.379 e. The van der Waals surface area contributed by atoms with Crippen molar-refractivity contribution in [3.63, 3.8) is 0 Å². The fourth-order valence-corrected chi connectivity index (χ4v) is 4.05. The van der Waals surface area contributed by atoms with E-state index in [9.17, 15) is 5.11 Å². The highest BCUT2D eigenvalue weighted by Crippen LogP contribution is 2.34. The lowest BCUT2D eigenvalue weighted by Gasteiger charge is -2.28. The van der Waals surface area contributed by atoms with Gasteiger partial charge in [-0.1, -0.05) is 123 Å². The first kappa shape index (κ1) is 24.8. The van der Waals surface area contributed by atoms with E-state index in [-0.39, 0.29) is 0 Å². The number of aliphatic hydroxyl groups is 1. The average Bonchev–Trinajstić information content (AvgIpc) is 2.88. The molecule has 0 unspecified atom stereocenters. The van der Waals surface area contributed by atoms with Crippen LogP contribution in [0.5, 0.6) is 0 Å². The van der Waals surface area contributed by atoms with Crippen molar-refractivity contribution in [1.82, 2.24) is 4.90 Å². The van der Waals surface area contributed by atoms with Gasteiger partial charge in [-0.25, -0.2) is 0 Å². The second-order valence-corrected chi connectivity index (χ2v) is 8.68. The number of hydrogen-bond acceptors (Lipinski definition) is 2. The van der Waals surface area contributed by atoms with Crippen molar-refractivity contribution in [3.8, 4) is 23.0 Å². The molecule has 2 heteroatoms. The minimum atomic E-state index is -1.14. The zero-order chi connectivity index (χ0) is 23.4. The molecule has 0 aromatic heterocycles. The highest BCUT2D eigenvalue weighted by molar-refractivity contribution is 5.64. The summed E-state index contributed by atoms with van der Waals surface area (Å²) in [6.45, 7) is 7.40. The Morgan fingerprint density at radius 1 is 0.667 bits per heavy atom. The van der Waals surface area contributed by atoms with Gasteiger partial charge in [0.05, 0.1) is 6.54 Å². The zero-order valence-electron chi connectivity index (χ0n) is 20.1. The predicted octanol–water partition coefficient (Wildman–Crippen LogP) is 6.89. The quantitative estimate of drug-likeness (QED) is 0.329. The number of unbranched alkanes of at least 4 members (excludes halogenated alkanes) is 2. The van der Waals surface area contributed by atoms with Crippen LogP contribution in [0.4, 0.5) is 0 Å². The summed E-state index contributed by atoms with van der Waals surface area (Å²) in [5, 5.41) is 11.8. The van der Waals surface area contributed by atoms with E-state index in [4.69, 9.17) is 0 Å². The smallest absolute Gasteiger partial charge is 0.125 e. The van der Waals surface area contributed by atoms with Gasteiger partial charge in [-0.15, -0.1) is 0 Å². The van der Waals surface area contributed by atoms with Crippen LogP contribution in [0.1, 0.15) is 57.1 Å². The lowest BCUT2D eigenvalue weighted by atomic mass is 9.83. The maximum absolute atomic E-state index is 11.8. The van der Waals surface area contributed by atoms with Gasteiger partial charge in [0, 0.05) is 6.42 Å². The summed E-state index contributed by atoms with van der Waals surface area (Å²) < 4.78 is 0. The summed E-state index contributed by atoms with van der Waals surface area (Å²) in [5.74, 6) is 6.66. The molecule has 0 saturated carbocycles. The van der Waals surface area contributed by atoms with Crippen molar-refractivity contribution >= 4 is 0 Å². The highest BCUT2D eigenvalue weighted by Gasteiger charge is 2.30. The lowest BCUT2D eigenvalue weighted by Crippen LogP contribution is -2.28. The predicted molar refractivity (Wildman–Crippen MR) is 140 cm³/mol. The van der Waals surface area contributed by atoms with Gasteiger partial charge >= 0.3 is 0 Å².